The van der Waals surface area contributed by atoms with Gasteiger partial charge in [0.25, 0.3) is 0 Å². The maximum Gasteiger partial charge on any atom is 0.303 e. The van der Waals surface area contributed by atoms with Gasteiger partial charge in [-0.25, -0.2) is 0 Å². The summed E-state index contributed by atoms with van der Waals surface area (Å²) in [6, 6.07) is 6.68. The monoisotopic (exact) mass is 264 g/mol. The fourth-order valence-electron chi connectivity index (χ4n) is 2.89. The average Bonchev–Trinajstić information content (AvgIpc) is 2.33. The first-order valence-electron chi connectivity index (χ1n) is 6.57. The van der Waals surface area contributed by atoms with Crippen molar-refractivity contribution in [2.75, 3.05) is 0 Å². The highest BCUT2D eigenvalue weighted by atomic mass is 16.4. The highest BCUT2D eigenvalue weighted by Crippen LogP contribution is 2.47. The molecule has 104 valence electrons. The normalized spacial score (nSPS) is 31.1. The maximum absolute atomic E-state index is 10.9. The Morgan fingerprint density at radius 2 is 1.89 bits per heavy atom. The van der Waals surface area contributed by atoms with E-state index in [1.807, 2.05) is 6.92 Å². The van der Waals surface area contributed by atoms with Crippen LogP contribution in [0, 0.1) is 5.41 Å². The molecule has 0 heterocycles. The van der Waals surface area contributed by atoms with E-state index < -0.39 is 11.6 Å². The Labute approximate surface area is 112 Å². The molecule has 2 rings (SSSR count). The van der Waals surface area contributed by atoms with Gasteiger partial charge >= 0.3 is 5.97 Å². The van der Waals surface area contributed by atoms with E-state index in [1.165, 1.54) is 0 Å². The maximum atomic E-state index is 10.9. The van der Waals surface area contributed by atoms with Gasteiger partial charge in [0.05, 0.1) is 12.0 Å². The minimum atomic E-state index is -0.948. The molecule has 19 heavy (non-hydrogen) atoms. The van der Waals surface area contributed by atoms with Crippen LogP contribution in [0.25, 0.3) is 0 Å². The van der Waals surface area contributed by atoms with Gasteiger partial charge in [0.2, 0.25) is 0 Å². The van der Waals surface area contributed by atoms with Crippen molar-refractivity contribution < 1.29 is 20.1 Å². The van der Waals surface area contributed by atoms with E-state index in [0.717, 1.165) is 0 Å². The number of carbonyl (C=O) groups is 1. The number of aromatic hydroxyl groups is 1. The first-order chi connectivity index (χ1) is 8.83. The summed E-state index contributed by atoms with van der Waals surface area (Å²) in [7, 11) is 0. The van der Waals surface area contributed by atoms with Gasteiger partial charge in [0.15, 0.2) is 0 Å². The Bertz CT molecular complexity index is 473. The molecule has 1 aromatic carbocycles. The summed E-state index contributed by atoms with van der Waals surface area (Å²) in [6.07, 6.45) is 2.54. The first-order valence-corrected chi connectivity index (χ1v) is 6.57. The highest BCUT2D eigenvalue weighted by Gasteiger charge is 2.41. The molecule has 1 fully saturated rings. The SMILES string of the molecule is CC1(CC(=O)O)CCC(O)(c2cccc(O)c2)CC1. The molecule has 0 bridgehead atoms. The van der Waals surface area contributed by atoms with Crippen molar-refractivity contribution in [2.24, 2.45) is 5.41 Å². The molecule has 0 aliphatic heterocycles. The molecule has 4 heteroatoms. The van der Waals surface area contributed by atoms with Crippen molar-refractivity contribution >= 4 is 5.97 Å². The Balaban J connectivity index is 2.12. The number of carboxylic acid groups (broad SMARTS) is 1. The smallest absolute Gasteiger partial charge is 0.303 e. The lowest BCUT2D eigenvalue weighted by molar-refractivity contribution is -0.141. The fourth-order valence-corrected chi connectivity index (χ4v) is 2.89. The third-order valence-corrected chi connectivity index (χ3v) is 4.25. The average molecular weight is 264 g/mol. The zero-order valence-electron chi connectivity index (χ0n) is 11.1. The molecule has 0 atom stereocenters. The standard InChI is InChI=1S/C15H20O4/c1-14(10-13(17)18)5-7-15(19,8-6-14)11-3-2-4-12(16)9-11/h2-4,9,16,19H,5-8,10H2,1H3,(H,17,18). The second-order valence-electron chi connectivity index (χ2n) is 5.96. The minimum Gasteiger partial charge on any atom is -0.508 e. The van der Waals surface area contributed by atoms with Crippen LogP contribution >= 0.6 is 0 Å². The lowest BCUT2D eigenvalue weighted by atomic mass is 9.66. The van der Waals surface area contributed by atoms with Crippen molar-refractivity contribution in [2.45, 2.75) is 44.6 Å². The van der Waals surface area contributed by atoms with Gasteiger partial charge in [-0.15, -0.1) is 0 Å². The summed E-state index contributed by atoms with van der Waals surface area (Å²) >= 11 is 0. The van der Waals surface area contributed by atoms with Crippen molar-refractivity contribution in [3.05, 3.63) is 29.8 Å². The Hall–Kier alpha value is -1.55. The lowest BCUT2D eigenvalue weighted by Crippen LogP contribution is -2.36. The van der Waals surface area contributed by atoms with E-state index in [-0.39, 0.29) is 17.6 Å². The molecule has 1 aliphatic carbocycles. The van der Waals surface area contributed by atoms with Gasteiger partial charge in [-0.3, -0.25) is 4.79 Å². The van der Waals surface area contributed by atoms with E-state index in [1.54, 1.807) is 24.3 Å². The second-order valence-corrected chi connectivity index (χ2v) is 5.96. The van der Waals surface area contributed by atoms with Crippen LogP contribution in [-0.4, -0.2) is 21.3 Å². The number of rotatable bonds is 3. The van der Waals surface area contributed by atoms with Crippen LogP contribution in [0.15, 0.2) is 24.3 Å². The zero-order chi connectivity index (χ0) is 14.1. The number of aliphatic hydroxyl groups is 1. The third-order valence-electron chi connectivity index (χ3n) is 4.25. The number of carboxylic acids is 1. The molecule has 4 nitrogen and oxygen atoms in total. The van der Waals surface area contributed by atoms with E-state index in [9.17, 15) is 15.0 Å². The summed E-state index contributed by atoms with van der Waals surface area (Å²) in [5, 5.41) is 29.1. The fraction of sp³-hybridized carbons (Fsp3) is 0.533. The van der Waals surface area contributed by atoms with E-state index >= 15 is 0 Å². The highest BCUT2D eigenvalue weighted by molar-refractivity contribution is 5.67. The van der Waals surface area contributed by atoms with Crippen molar-refractivity contribution in [1.29, 1.82) is 0 Å². The number of benzene rings is 1. The number of phenols is 1. The van der Waals surface area contributed by atoms with Crippen LogP contribution in [-0.2, 0) is 10.4 Å². The summed E-state index contributed by atoms with van der Waals surface area (Å²) in [5.74, 6) is -0.643. The number of hydrogen-bond acceptors (Lipinski definition) is 3. The van der Waals surface area contributed by atoms with E-state index in [2.05, 4.69) is 0 Å². The van der Waals surface area contributed by atoms with Gasteiger partial charge in [0, 0.05) is 0 Å². The van der Waals surface area contributed by atoms with Crippen LogP contribution in [0.1, 0.15) is 44.6 Å². The zero-order valence-corrected chi connectivity index (χ0v) is 11.1. The van der Waals surface area contributed by atoms with Crippen LogP contribution in [0.5, 0.6) is 5.75 Å². The van der Waals surface area contributed by atoms with Gasteiger partial charge < -0.3 is 15.3 Å². The molecular weight excluding hydrogens is 244 g/mol. The Kier molecular flexibility index (Phi) is 3.54. The molecule has 0 spiro atoms. The molecule has 0 unspecified atom stereocenters. The summed E-state index contributed by atoms with van der Waals surface area (Å²) in [5.41, 5.74) is -0.476. The van der Waals surface area contributed by atoms with Crippen LogP contribution in [0.3, 0.4) is 0 Å². The molecule has 0 amide bonds. The van der Waals surface area contributed by atoms with Crippen molar-refractivity contribution in [3.8, 4) is 5.75 Å². The van der Waals surface area contributed by atoms with Crippen LogP contribution in [0.4, 0.5) is 0 Å². The number of aliphatic carboxylic acids is 1. The predicted molar refractivity (Wildman–Crippen MR) is 70.8 cm³/mol. The number of hydrogen-bond donors (Lipinski definition) is 3. The molecule has 0 saturated heterocycles. The third kappa shape index (κ3) is 3.07. The molecule has 0 radical (unpaired) electrons. The van der Waals surface area contributed by atoms with Gasteiger partial charge in [-0.1, -0.05) is 19.1 Å². The van der Waals surface area contributed by atoms with Gasteiger partial charge in [-0.05, 0) is 48.8 Å². The van der Waals surface area contributed by atoms with Crippen molar-refractivity contribution in [3.63, 3.8) is 0 Å². The van der Waals surface area contributed by atoms with Crippen molar-refractivity contribution in [1.82, 2.24) is 0 Å². The predicted octanol–water partition coefficient (Wildman–Crippen LogP) is 2.63. The summed E-state index contributed by atoms with van der Waals surface area (Å²) in [6.45, 7) is 1.96. The molecule has 1 saturated carbocycles. The van der Waals surface area contributed by atoms with Gasteiger partial charge in [0.1, 0.15) is 5.75 Å². The quantitative estimate of drug-likeness (QED) is 0.784. The topological polar surface area (TPSA) is 77.8 Å². The molecule has 1 aromatic rings. The van der Waals surface area contributed by atoms with E-state index in [4.69, 9.17) is 5.11 Å². The molecular formula is C15H20O4. The largest absolute Gasteiger partial charge is 0.508 e. The first kappa shape index (κ1) is 13.9. The summed E-state index contributed by atoms with van der Waals surface area (Å²) < 4.78 is 0. The van der Waals surface area contributed by atoms with Crippen LogP contribution < -0.4 is 0 Å². The molecule has 0 aromatic heterocycles. The Morgan fingerprint density at radius 3 is 2.42 bits per heavy atom. The lowest BCUT2D eigenvalue weighted by Gasteiger charge is -2.41. The summed E-state index contributed by atoms with van der Waals surface area (Å²) in [4.78, 5) is 10.9. The Morgan fingerprint density at radius 1 is 1.26 bits per heavy atom. The number of phenolic OH excluding ortho intramolecular Hbond substituents is 1. The molecule has 3 N–H and O–H groups in total. The van der Waals surface area contributed by atoms with Gasteiger partial charge in [-0.2, -0.15) is 0 Å². The van der Waals surface area contributed by atoms with Crippen LogP contribution in [0.2, 0.25) is 0 Å². The molecule has 1 aliphatic rings. The minimum absolute atomic E-state index is 0.142. The second kappa shape index (κ2) is 4.85. The van der Waals surface area contributed by atoms with E-state index in [0.29, 0.717) is 31.2 Å².